The van der Waals surface area contributed by atoms with Crippen molar-refractivity contribution in [3.63, 3.8) is 0 Å². The first-order chi connectivity index (χ1) is 11.5. The van der Waals surface area contributed by atoms with E-state index in [-0.39, 0.29) is 11.8 Å². The number of nitrogens with one attached hydrogen (secondary N) is 1. The number of hydrogen-bond acceptors (Lipinski definition) is 4. The van der Waals surface area contributed by atoms with E-state index < -0.39 is 0 Å². The van der Waals surface area contributed by atoms with Crippen LogP contribution in [-0.2, 0) is 13.6 Å². The average molecular weight is 323 g/mol. The zero-order valence-corrected chi connectivity index (χ0v) is 14.4. The Labute approximate surface area is 140 Å². The number of nitrogens with zero attached hydrogens (tertiary/aromatic N) is 4. The predicted octanol–water partition coefficient (Wildman–Crippen LogP) is 2.73. The van der Waals surface area contributed by atoms with Gasteiger partial charge in [0.05, 0.1) is 16.6 Å². The van der Waals surface area contributed by atoms with Crippen molar-refractivity contribution in [1.82, 2.24) is 25.1 Å². The van der Waals surface area contributed by atoms with Crippen LogP contribution in [0.2, 0.25) is 0 Å². The first kappa shape index (κ1) is 16.1. The molecule has 0 bridgehead atoms. The highest BCUT2D eigenvalue weighted by atomic mass is 16.1. The average Bonchev–Trinajstić information content (AvgIpc) is 2.87. The zero-order valence-electron chi connectivity index (χ0n) is 14.4. The summed E-state index contributed by atoms with van der Waals surface area (Å²) >= 11 is 0. The van der Waals surface area contributed by atoms with Gasteiger partial charge in [0.2, 0.25) is 0 Å². The van der Waals surface area contributed by atoms with Crippen LogP contribution in [0.1, 0.15) is 47.1 Å². The molecule has 3 aromatic heterocycles. The maximum atomic E-state index is 12.8. The van der Waals surface area contributed by atoms with E-state index in [1.807, 2.05) is 32.2 Å². The molecule has 6 nitrogen and oxygen atoms in total. The topological polar surface area (TPSA) is 72.7 Å². The lowest BCUT2D eigenvalue weighted by atomic mass is 10.0. The normalized spacial score (nSPS) is 11.2. The Morgan fingerprint density at radius 1 is 1.38 bits per heavy atom. The van der Waals surface area contributed by atoms with E-state index in [1.165, 1.54) is 0 Å². The lowest BCUT2D eigenvalue weighted by Crippen LogP contribution is -2.23. The minimum atomic E-state index is -0.121. The van der Waals surface area contributed by atoms with Gasteiger partial charge in [-0.05, 0) is 30.5 Å². The number of pyridine rings is 2. The molecule has 0 saturated carbocycles. The highest BCUT2D eigenvalue weighted by molar-refractivity contribution is 6.06. The van der Waals surface area contributed by atoms with Crippen molar-refractivity contribution in [2.75, 3.05) is 0 Å². The molecule has 124 valence electrons. The minimum absolute atomic E-state index is 0.121. The lowest BCUT2D eigenvalue weighted by molar-refractivity contribution is 0.0952. The smallest absolute Gasteiger partial charge is 0.252 e. The van der Waals surface area contributed by atoms with Crippen LogP contribution in [0.15, 0.2) is 30.6 Å². The fourth-order valence-electron chi connectivity index (χ4n) is 2.72. The van der Waals surface area contributed by atoms with Crippen LogP contribution >= 0.6 is 0 Å². The van der Waals surface area contributed by atoms with Crippen LogP contribution in [0.4, 0.5) is 0 Å². The number of fused-ring (bicyclic) bond motifs is 1. The van der Waals surface area contributed by atoms with E-state index in [9.17, 15) is 4.79 Å². The number of carbonyl (C=O) groups is 1. The molecule has 0 aliphatic rings. The molecule has 0 fully saturated rings. The summed E-state index contributed by atoms with van der Waals surface area (Å²) in [5.74, 6) is 0.110. The van der Waals surface area contributed by atoms with Gasteiger partial charge in [-0.2, -0.15) is 5.10 Å². The summed E-state index contributed by atoms with van der Waals surface area (Å²) in [6, 6.07) is 5.67. The summed E-state index contributed by atoms with van der Waals surface area (Å²) < 4.78 is 1.73. The Kier molecular flexibility index (Phi) is 4.29. The Bertz CT molecular complexity index is 883. The molecule has 0 atom stereocenters. The first-order valence-electron chi connectivity index (χ1n) is 7.98. The van der Waals surface area contributed by atoms with Crippen molar-refractivity contribution in [2.45, 2.75) is 33.2 Å². The zero-order chi connectivity index (χ0) is 17.3. The maximum Gasteiger partial charge on any atom is 0.252 e. The fraction of sp³-hybridized carbons (Fsp3) is 0.333. The van der Waals surface area contributed by atoms with E-state index in [1.54, 1.807) is 17.1 Å². The molecular weight excluding hydrogens is 302 g/mol. The molecule has 0 saturated heterocycles. The molecule has 0 radical (unpaired) electrons. The van der Waals surface area contributed by atoms with Gasteiger partial charge in [-0.1, -0.05) is 19.9 Å². The van der Waals surface area contributed by atoms with Gasteiger partial charge in [-0.25, -0.2) is 4.98 Å². The number of carbonyl (C=O) groups excluding carboxylic acids is 1. The van der Waals surface area contributed by atoms with Crippen LogP contribution < -0.4 is 5.32 Å². The van der Waals surface area contributed by atoms with Gasteiger partial charge in [0.1, 0.15) is 0 Å². The van der Waals surface area contributed by atoms with Crippen molar-refractivity contribution >= 4 is 16.9 Å². The van der Waals surface area contributed by atoms with Gasteiger partial charge in [-0.15, -0.1) is 0 Å². The molecule has 0 aliphatic carbocycles. The standard InChI is InChI=1S/C18H21N5O/c1-11(2)15-8-14(16-12(3)22-23(4)17(16)21-15)18(24)20-10-13-6-5-7-19-9-13/h5-9,11H,10H2,1-4H3,(H,20,24). The second-order valence-corrected chi connectivity index (χ2v) is 6.20. The molecule has 1 amide bonds. The van der Waals surface area contributed by atoms with Crippen molar-refractivity contribution in [3.05, 3.63) is 53.1 Å². The highest BCUT2D eigenvalue weighted by Gasteiger charge is 2.19. The van der Waals surface area contributed by atoms with E-state index in [0.29, 0.717) is 12.1 Å². The molecule has 0 aliphatic heterocycles. The van der Waals surface area contributed by atoms with Crippen LogP contribution in [0, 0.1) is 6.92 Å². The molecule has 1 N–H and O–H groups in total. The lowest BCUT2D eigenvalue weighted by Gasteiger charge is -2.11. The molecule has 6 heteroatoms. The third-order valence-corrected chi connectivity index (χ3v) is 4.00. The number of hydrogen-bond donors (Lipinski definition) is 1. The first-order valence-corrected chi connectivity index (χ1v) is 7.98. The molecule has 24 heavy (non-hydrogen) atoms. The van der Waals surface area contributed by atoms with Gasteiger partial charge in [-0.3, -0.25) is 14.5 Å². The van der Waals surface area contributed by atoms with Gasteiger partial charge in [0, 0.05) is 31.7 Å². The Balaban J connectivity index is 1.99. The van der Waals surface area contributed by atoms with Gasteiger partial charge < -0.3 is 5.32 Å². The summed E-state index contributed by atoms with van der Waals surface area (Å²) in [6.07, 6.45) is 3.46. The highest BCUT2D eigenvalue weighted by Crippen LogP contribution is 2.24. The molecule has 0 spiro atoms. The largest absolute Gasteiger partial charge is 0.348 e. The molecule has 0 unspecified atom stereocenters. The van der Waals surface area contributed by atoms with Gasteiger partial charge >= 0.3 is 0 Å². The van der Waals surface area contributed by atoms with E-state index in [2.05, 4.69) is 34.2 Å². The molecule has 3 aromatic rings. The molecule has 3 heterocycles. The van der Waals surface area contributed by atoms with Gasteiger partial charge in [0.25, 0.3) is 5.91 Å². The van der Waals surface area contributed by atoms with Crippen LogP contribution in [-0.4, -0.2) is 25.7 Å². The predicted molar refractivity (Wildman–Crippen MR) is 92.7 cm³/mol. The van der Waals surface area contributed by atoms with Crippen LogP contribution in [0.5, 0.6) is 0 Å². The summed E-state index contributed by atoms with van der Waals surface area (Å²) in [6.45, 7) is 6.47. The summed E-state index contributed by atoms with van der Waals surface area (Å²) in [5, 5.41) is 8.19. The third kappa shape index (κ3) is 2.99. The molecular formula is C18H21N5O. The van der Waals surface area contributed by atoms with Crippen LogP contribution in [0.3, 0.4) is 0 Å². The van der Waals surface area contributed by atoms with E-state index >= 15 is 0 Å². The van der Waals surface area contributed by atoms with E-state index in [0.717, 1.165) is 28.0 Å². The minimum Gasteiger partial charge on any atom is -0.348 e. The summed E-state index contributed by atoms with van der Waals surface area (Å²) in [5.41, 5.74) is 4.02. The Hall–Kier alpha value is -2.76. The van der Waals surface area contributed by atoms with E-state index in [4.69, 9.17) is 0 Å². The second-order valence-electron chi connectivity index (χ2n) is 6.20. The number of rotatable bonds is 4. The molecule has 3 rings (SSSR count). The number of aromatic nitrogens is 4. The van der Waals surface area contributed by atoms with Gasteiger partial charge in [0.15, 0.2) is 5.65 Å². The second kappa shape index (κ2) is 6.39. The number of aryl methyl sites for hydroxylation is 2. The van der Waals surface area contributed by atoms with Crippen molar-refractivity contribution in [3.8, 4) is 0 Å². The Morgan fingerprint density at radius 2 is 2.17 bits per heavy atom. The summed E-state index contributed by atoms with van der Waals surface area (Å²) in [7, 11) is 1.85. The monoisotopic (exact) mass is 323 g/mol. The third-order valence-electron chi connectivity index (χ3n) is 4.00. The quantitative estimate of drug-likeness (QED) is 0.801. The molecule has 0 aromatic carbocycles. The van der Waals surface area contributed by atoms with Crippen LogP contribution in [0.25, 0.3) is 11.0 Å². The van der Waals surface area contributed by atoms with Crippen molar-refractivity contribution < 1.29 is 4.79 Å². The number of amides is 1. The SMILES string of the molecule is Cc1nn(C)c2nc(C(C)C)cc(C(=O)NCc3cccnc3)c12. The van der Waals surface area contributed by atoms with Crippen molar-refractivity contribution in [2.24, 2.45) is 7.05 Å². The maximum absolute atomic E-state index is 12.8. The fourth-order valence-corrected chi connectivity index (χ4v) is 2.72. The summed E-state index contributed by atoms with van der Waals surface area (Å²) in [4.78, 5) is 21.5. The Morgan fingerprint density at radius 3 is 2.83 bits per heavy atom. The van der Waals surface area contributed by atoms with Crippen molar-refractivity contribution in [1.29, 1.82) is 0 Å².